The Morgan fingerprint density at radius 1 is 0.893 bits per heavy atom. The fraction of sp³-hybridized carbons (Fsp3) is 0.364. The minimum atomic E-state index is -0.435. The molecule has 2 N–H and O–H groups in total. The van der Waals surface area contributed by atoms with Gasteiger partial charge in [0, 0.05) is 30.5 Å². The normalized spacial score (nSPS) is 15.2. The zero-order valence-electron chi connectivity index (χ0n) is 15.6. The second kappa shape index (κ2) is 8.95. The Bertz CT molecular complexity index is 848. The van der Waals surface area contributed by atoms with Crippen molar-refractivity contribution >= 4 is 17.5 Å². The van der Waals surface area contributed by atoms with E-state index in [0.29, 0.717) is 12.2 Å². The van der Waals surface area contributed by atoms with E-state index in [1.54, 1.807) is 18.2 Å². The van der Waals surface area contributed by atoms with Crippen LogP contribution < -0.4 is 10.6 Å². The predicted octanol–water partition coefficient (Wildman–Crippen LogP) is 4.31. The molecule has 0 aliphatic heterocycles. The Labute approximate surface area is 163 Å². The largest absolute Gasteiger partial charge is 0.355 e. The van der Waals surface area contributed by atoms with Gasteiger partial charge in [-0.2, -0.15) is 0 Å². The highest BCUT2D eigenvalue weighted by Gasteiger charge is 2.36. The van der Waals surface area contributed by atoms with E-state index in [-0.39, 0.29) is 35.9 Å². The quantitative estimate of drug-likeness (QED) is 0.745. The monoisotopic (exact) mass is 386 g/mol. The van der Waals surface area contributed by atoms with Crippen LogP contribution >= 0.6 is 0 Å². The Morgan fingerprint density at radius 3 is 2.21 bits per heavy atom. The molecule has 0 radical (unpaired) electrons. The van der Waals surface area contributed by atoms with Crippen LogP contribution in [0.2, 0.25) is 0 Å². The highest BCUT2D eigenvalue weighted by atomic mass is 19.1. The number of carbonyl (C=O) groups excluding carboxylic acids is 2. The first-order valence-electron chi connectivity index (χ1n) is 9.55. The molecular weight excluding hydrogens is 362 g/mol. The molecule has 0 aromatic heterocycles. The van der Waals surface area contributed by atoms with Crippen LogP contribution in [-0.2, 0) is 15.0 Å². The van der Waals surface area contributed by atoms with Gasteiger partial charge < -0.3 is 10.6 Å². The summed E-state index contributed by atoms with van der Waals surface area (Å²) in [6.45, 7) is 0.431. The molecule has 0 saturated heterocycles. The molecule has 1 aliphatic rings. The van der Waals surface area contributed by atoms with Crippen LogP contribution in [0.5, 0.6) is 0 Å². The van der Waals surface area contributed by atoms with Crippen molar-refractivity contribution in [2.45, 2.75) is 43.9 Å². The highest BCUT2D eigenvalue weighted by Crippen LogP contribution is 2.40. The molecule has 28 heavy (non-hydrogen) atoms. The van der Waals surface area contributed by atoms with E-state index in [2.05, 4.69) is 10.6 Å². The van der Waals surface area contributed by atoms with Gasteiger partial charge in [-0.25, -0.2) is 8.78 Å². The minimum absolute atomic E-state index is 0.00924. The van der Waals surface area contributed by atoms with Gasteiger partial charge in [-0.15, -0.1) is 0 Å². The van der Waals surface area contributed by atoms with Gasteiger partial charge in [0.1, 0.15) is 11.6 Å². The summed E-state index contributed by atoms with van der Waals surface area (Å²) in [6.07, 6.45) is 3.94. The number of amides is 2. The van der Waals surface area contributed by atoms with E-state index in [1.165, 1.54) is 24.3 Å². The molecule has 2 aromatic rings. The Kier molecular flexibility index (Phi) is 6.39. The summed E-state index contributed by atoms with van der Waals surface area (Å²) in [5.74, 6) is -1.28. The summed E-state index contributed by atoms with van der Waals surface area (Å²) in [6, 6.07) is 12.2. The highest BCUT2D eigenvalue weighted by molar-refractivity contribution is 5.93. The first-order chi connectivity index (χ1) is 13.5. The fourth-order valence-corrected chi connectivity index (χ4v) is 3.81. The molecule has 0 spiro atoms. The Hall–Kier alpha value is -2.76. The van der Waals surface area contributed by atoms with Gasteiger partial charge in [-0.3, -0.25) is 9.59 Å². The Balaban J connectivity index is 1.50. The van der Waals surface area contributed by atoms with Gasteiger partial charge in [0.25, 0.3) is 0 Å². The van der Waals surface area contributed by atoms with Crippen LogP contribution in [0.1, 0.15) is 44.1 Å². The van der Waals surface area contributed by atoms with E-state index in [1.807, 2.05) is 6.07 Å². The van der Waals surface area contributed by atoms with Crippen LogP contribution in [0.15, 0.2) is 48.5 Å². The third-order valence-corrected chi connectivity index (χ3v) is 5.31. The maximum Gasteiger partial charge on any atom is 0.224 e. The molecule has 4 nitrogen and oxygen atoms in total. The number of nitrogens with one attached hydrogen (secondary N) is 2. The number of halogens is 2. The summed E-state index contributed by atoms with van der Waals surface area (Å²) >= 11 is 0. The predicted molar refractivity (Wildman–Crippen MR) is 104 cm³/mol. The van der Waals surface area contributed by atoms with Crippen molar-refractivity contribution in [2.75, 3.05) is 11.9 Å². The van der Waals surface area contributed by atoms with Gasteiger partial charge in [0.2, 0.25) is 11.8 Å². The standard InChI is InChI=1S/C22H24F2N2O2/c23-17-6-3-5-16(13-17)22(11-1-2-12-22)15-25-20(27)9-10-21(28)26-19-8-4-7-18(24)14-19/h3-8,13-14H,1-2,9-12,15H2,(H,25,27)(H,26,28). The molecule has 0 heterocycles. The molecule has 2 aromatic carbocycles. The fourth-order valence-electron chi connectivity index (χ4n) is 3.81. The maximum absolute atomic E-state index is 13.6. The van der Waals surface area contributed by atoms with Crippen molar-refractivity contribution in [1.82, 2.24) is 5.32 Å². The van der Waals surface area contributed by atoms with Gasteiger partial charge in [0.15, 0.2) is 0 Å². The molecular formula is C22H24F2N2O2. The van der Waals surface area contributed by atoms with Crippen molar-refractivity contribution in [2.24, 2.45) is 0 Å². The van der Waals surface area contributed by atoms with Crippen LogP contribution in [0.3, 0.4) is 0 Å². The van der Waals surface area contributed by atoms with Crippen LogP contribution in [0, 0.1) is 11.6 Å². The van der Waals surface area contributed by atoms with Crippen molar-refractivity contribution in [3.05, 3.63) is 65.7 Å². The van der Waals surface area contributed by atoms with E-state index >= 15 is 0 Å². The lowest BCUT2D eigenvalue weighted by atomic mass is 9.78. The molecule has 1 aliphatic carbocycles. The molecule has 0 unspecified atom stereocenters. The second-order valence-corrected chi connectivity index (χ2v) is 7.33. The summed E-state index contributed by atoms with van der Waals surface area (Å²) in [4.78, 5) is 24.2. The number of rotatable bonds is 7. The van der Waals surface area contributed by atoms with E-state index < -0.39 is 5.82 Å². The molecule has 6 heteroatoms. The minimum Gasteiger partial charge on any atom is -0.355 e. The van der Waals surface area contributed by atoms with Crippen LogP contribution in [-0.4, -0.2) is 18.4 Å². The van der Waals surface area contributed by atoms with Gasteiger partial charge >= 0.3 is 0 Å². The lowest BCUT2D eigenvalue weighted by Gasteiger charge is -2.30. The average molecular weight is 386 g/mol. The number of anilines is 1. The zero-order valence-corrected chi connectivity index (χ0v) is 15.6. The third kappa shape index (κ3) is 5.15. The zero-order chi connectivity index (χ0) is 20.0. The van der Waals surface area contributed by atoms with E-state index in [4.69, 9.17) is 0 Å². The lowest BCUT2D eigenvalue weighted by molar-refractivity contribution is -0.124. The number of hydrogen-bond acceptors (Lipinski definition) is 2. The lowest BCUT2D eigenvalue weighted by Crippen LogP contribution is -2.39. The van der Waals surface area contributed by atoms with Crippen molar-refractivity contribution in [3.63, 3.8) is 0 Å². The second-order valence-electron chi connectivity index (χ2n) is 7.33. The summed E-state index contributed by atoms with van der Waals surface area (Å²) in [5.41, 5.74) is 1.03. The molecule has 0 bridgehead atoms. The van der Waals surface area contributed by atoms with Crippen molar-refractivity contribution < 1.29 is 18.4 Å². The first-order valence-corrected chi connectivity index (χ1v) is 9.55. The number of hydrogen-bond donors (Lipinski definition) is 2. The molecule has 148 valence electrons. The summed E-state index contributed by atoms with van der Waals surface area (Å²) in [7, 11) is 0. The number of benzene rings is 2. The molecule has 2 amide bonds. The molecule has 1 saturated carbocycles. The topological polar surface area (TPSA) is 58.2 Å². The van der Waals surface area contributed by atoms with Crippen LogP contribution in [0.25, 0.3) is 0 Å². The molecule has 1 fully saturated rings. The van der Waals surface area contributed by atoms with Gasteiger partial charge in [-0.05, 0) is 48.7 Å². The van der Waals surface area contributed by atoms with E-state index in [0.717, 1.165) is 31.2 Å². The summed E-state index contributed by atoms with van der Waals surface area (Å²) in [5, 5.41) is 5.48. The SMILES string of the molecule is O=C(CCC(=O)Nc1cccc(F)c1)NCC1(c2cccc(F)c2)CCCC1. The van der Waals surface area contributed by atoms with Gasteiger partial charge in [-0.1, -0.05) is 31.0 Å². The third-order valence-electron chi connectivity index (χ3n) is 5.31. The first kappa shape index (κ1) is 20.0. The smallest absolute Gasteiger partial charge is 0.224 e. The summed E-state index contributed by atoms with van der Waals surface area (Å²) < 4.78 is 26.8. The molecule has 0 atom stereocenters. The molecule has 3 rings (SSSR count). The average Bonchev–Trinajstić information content (AvgIpc) is 3.15. The van der Waals surface area contributed by atoms with E-state index in [9.17, 15) is 18.4 Å². The van der Waals surface area contributed by atoms with Gasteiger partial charge in [0.05, 0.1) is 0 Å². The Morgan fingerprint density at radius 2 is 1.54 bits per heavy atom. The van der Waals surface area contributed by atoms with Crippen molar-refractivity contribution in [3.8, 4) is 0 Å². The number of carbonyl (C=O) groups is 2. The van der Waals surface area contributed by atoms with Crippen molar-refractivity contribution in [1.29, 1.82) is 0 Å². The van der Waals surface area contributed by atoms with Crippen LogP contribution in [0.4, 0.5) is 14.5 Å². The maximum atomic E-state index is 13.6.